The first kappa shape index (κ1) is 13.7. The number of pyridine rings is 1. The van der Waals surface area contributed by atoms with Gasteiger partial charge in [0.2, 0.25) is 5.88 Å². The third-order valence-corrected chi connectivity index (χ3v) is 2.61. The van der Waals surface area contributed by atoms with Gasteiger partial charge in [-0.1, -0.05) is 6.07 Å². The average Bonchev–Trinajstić information content (AvgIpc) is 2.53. The Morgan fingerprint density at radius 2 is 2.10 bits per heavy atom. The molecule has 2 heterocycles. The van der Waals surface area contributed by atoms with Gasteiger partial charge in [-0.3, -0.25) is 4.79 Å². The van der Waals surface area contributed by atoms with Crippen molar-refractivity contribution in [2.75, 3.05) is 19.5 Å². The van der Waals surface area contributed by atoms with Crippen LogP contribution in [0.25, 0.3) is 0 Å². The topological polar surface area (TPSA) is 89.0 Å². The number of carbonyl (C=O) groups is 1. The molecule has 1 amide bonds. The summed E-state index contributed by atoms with van der Waals surface area (Å²) in [5.74, 6) is 0.866. The normalized spacial score (nSPS) is 9.90. The van der Waals surface area contributed by atoms with Crippen molar-refractivity contribution in [1.29, 1.82) is 0 Å². The van der Waals surface area contributed by atoms with Crippen molar-refractivity contribution in [3.63, 3.8) is 0 Å². The van der Waals surface area contributed by atoms with Crippen molar-refractivity contribution in [3.05, 3.63) is 41.7 Å². The summed E-state index contributed by atoms with van der Waals surface area (Å²) in [5, 5.41) is 13.3. The Morgan fingerprint density at radius 3 is 2.65 bits per heavy atom. The summed E-state index contributed by atoms with van der Waals surface area (Å²) in [6.45, 7) is 0.366. The quantitative estimate of drug-likeness (QED) is 0.839. The maximum atomic E-state index is 11.9. The van der Waals surface area contributed by atoms with Crippen LogP contribution in [-0.2, 0) is 6.54 Å². The summed E-state index contributed by atoms with van der Waals surface area (Å²) in [7, 11) is 3.29. The van der Waals surface area contributed by atoms with Crippen LogP contribution in [0.15, 0.2) is 30.5 Å². The zero-order valence-corrected chi connectivity index (χ0v) is 11.3. The minimum absolute atomic E-state index is 0.269. The molecule has 0 saturated heterocycles. The van der Waals surface area contributed by atoms with Crippen LogP contribution in [0.2, 0.25) is 0 Å². The molecule has 20 heavy (non-hydrogen) atoms. The van der Waals surface area contributed by atoms with Crippen LogP contribution in [0.5, 0.6) is 5.88 Å². The van der Waals surface area contributed by atoms with Gasteiger partial charge in [0.25, 0.3) is 5.91 Å². The van der Waals surface area contributed by atoms with Crippen molar-refractivity contribution in [3.8, 4) is 5.88 Å². The van der Waals surface area contributed by atoms with E-state index < -0.39 is 0 Å². The van der Waals surface area contributed by atoms with Crippen LogP contribution in [0, 0.1) is 0 Å². The number of anilines is 1. The molecule has 0 aliphatic heterocycles. The van der Waals surface area contributed by atoms with E-state index in [1.54, 1.807) is 38.6 Å². The van der Waals surface area contributed by atoms with Crippen molar-refractivity contribution in [1.82, 2.24) is 20.5 Å². The second-order valence-corrected chi connectivity index (χ2v) is 3.95. The number of rotatable bonds is 5. The lowest BCUT2D eigenvalue weighted by molar-refractivity contribution is 0.0945. The molecule has 2 rings (SSSR count). The Labute approximate surface area is 116 Å². The molecule has 2 aromatic rings. The number of nitrogens with one attached hydrogen (secondary N) is 2. The Morgan fingerprint density at radius 1 is 1.25 bits per heavy atom. The molecule has 2 aromatic heterocycles. The lowest BCUT2D eigenvalue weighted by atomic mass is 10.2. The fourth-order valence-electron chi connectivity index (χ4n) is 1.50. The highest BCUT2D eigenvalue weighted by molar-refractivity contribution is 5.92. The third kappa shape index (κ3) is 3.41. The van der Waals surface area contributed by atoms with Gasteiger partial charge in [-0.05, 0) is 17.7 Å². The van der Waals surface area contributed by atoms with Crippen molar-refractivity contribution >= 4 is 11.7 Å². The third-order valence-electron chi connectivity index (χ3n) is 2.61. The summed E-state index contributed by atoms with van der Waals surface area (Å²) < 4.78 is 4.96. The largest absolute Gasteiger partial charge is 0.481 e. The van der Waals surface area contributed by atoms with Crippen LogP contribution in [0.1, 0.15) is 16.1 Å². The van der Waals surface area contributed by atoms with E-state index in [0.717, 1.165) is 5.56 Å². The first-order chi connectivity index (χ1) is 9.72. The molecular weight excluding hydrogens is 258 g/mol. The maximum absolute atomic E-state index is 11.9. The average molecular weight is 273 g/mol. The van der Waals surface area contributed by atoms with Gasteiger partial charge in [-0.2, -0.15) is 0 Å². The highest BCUT2D eigenvalue weighted by Crippen LogP contribution is 2.06. The Balaban J connectivity index is 1.93. The summed E-state index contributed by atoms with van der Waals surface area (Å²) in [6, 6.07) is 6.88. The summed E-state index contributed by atoms with van der Waals surface area (Å²) in [5.41, 5.74) is 1.14. The number of amides is 1. The predicted molar refractivity (Wildman–Crippen MR) is 73.5 cm³/mol. The van der Waals surface area contributed by atoms with E-state index in [1.165, 1.54) is 0 Å². The number of methoxy groups -OCH3 is 1. The zero-order valence-electron chi connectivity index (χ0n) is 11.3. The second kappa shape index (κ2) is 6.46. The van der Waals surface area contributed by atoms with Crippen LogP contribution in [0.3, 0.4) is 0 Å². The smallest absolute Gasteiger partial charge is 0.272 e. The van der Waals surface area contributed by atoms with Gasteiger partial charge < -0.3 is 15.4 Å². The monoisotopic (exact) mass is 273 g/mol. The summed E-state index contributed by atoms with van der Waals surface area (Å²) >= 11 is 0. The van der Waals surface area contributed by atoms with E-state index >= 15 is 0 Å². The molecule has 2 N–H and O–H groups in total. The second-order valence-electron chi connectivity index (χ2n) is 3.95. The molecule has 7 nitrogen and oxygen atoms in total. The lowest BCUT2D eigenvalue weighted by Gasteiger charge is -2.05. The van der Waals surface area contributed by atoms with Crippen LogP contribution in [-0.4, -0.2) is 35.2 Å². The lowest BCUT2D eigenvalue weighted by Crippen LogP contribution is -2.24. The van der Waals surface area contributed by atoms with Crippen molar-refractivity contribution in [2.45, 2.75) is 6.54 Å². The number of ether oxygens (including phenoxy) is 1. The molecule has 0 unspecified atom stereocenters. The first-order valence-corrected chi connectivity index (χ1v) is 6.01. The molecule has 0 saturated carbocycles. The molecule has 0 fully saturated rings. The highest BCUT2D eigenvalue weighted by atomic mass is 16.5. The SMILES string of the molecule is CNc1ccc(C(=O)NCc2ccc(OC)nc2)nn1. The predicted octanol–water partition coefficient (Wildman–Crippen LogP) is 0.852. The Kier molecular flexibility index (Phi) is 4.43. The number of hydrogen-bond donors (Lipinski definition) is 2. The van der Waals surface area contributed by atoms with Crippen LogP contribution < -0.4 is 15.4 Å². The number of aromatic nitrogens is 3. The number of nitrogens with zero attached hydrogens (tertiary/aromatic N) is 3. The first-order valence-electron chi connectivity index (χ1n) is 6.01. The van der Waals surface area contributed by atoms with Crippen molar-refractivity contribution in [2.24, 2.45) is 0 Å². The van der Waals surface area contributed by atoms with Gasteiger partial charge in [0.15, 0.2) is 5.69 Å². The van der Waals surface area contributed by atoms with Gasteiger partial charge in [0.1, 0.15) is 5.82 Å². The van der Waals surface area contributed by atoms with E-state index in [2.05, 4.69) is 25.8 Å². The van der Waals surface area contributed by atoms with Gasteiger partial charge >= 0.3 is 0 Å². The molecule has 0 bridgehead atoms. The van der Waals surface area contributed by atoms with Crippen LogP contribution in [0.4, 0.5) is 5.82 Å². The fourth-order valence-corrected chi connectivity index (χ4v) is 1.50. The van der Waals surface area contributed by atoms with E-state index in [0.29, 0.717) is 18.2 Å². The molecule has 0 aliphatic rings. The van der Waals surface area contributed by atoms with Gasteiger partial charge in [-0.15, -0.1) is 10.2 Å². The molecule has 7 heteroatoms. The zero-order chi connectivity index (χ0) is 14.4. The molecule has 0 atom stereocenters. The molecule has 0 spiro atoms. The Hall–Kier alpha value is -2.70. The van der Waals surface area contributed by atoms with Gasteiger partial charge in [0.05, 0.1) is 7.11 Å². The maximum Gasteiger partial charge on any atom is 0.272 e. The number of carbonyl (C=O) groups excluding carboxylic acids is 1. The van der Waals surface area contributed by atoms with Gasteiger partial charge in [0, 0.05) is 25.9 Å². The molecule has 0 aromatic carbocycles. The number of hydrogen-bond acceptors (Lipinski definition) is 6. The standard InChI is InChI=1S/C13H15N5O2/c1-14-11-5-4-10(17-18-11)13(19)16-8-9-3-6-12(20-2)15-7-9/h3-7H,8H2,1-2H3,(H,14,18)(H,16,19). The van der Waals surface area contributed by atoms with E-state index in [4.69, 9.17) is 4.74 Å². The highest BCUT2D eigenvalue weighted by Gasteiger charge is 2.07. The van der Waals surface area contributed by atoms with E-state index in [-0.39, 0.29) is 11.6 Å². The summed E-state index contributed by atoms with van der Waals surface area (Å²) in [6.07, 6.45) is 1.65. The van der Waals surface area contributed by atoms with Crippen LogP contribution >= 0.6 is 0 Å². The minimum Gasteiger partial charge on any atom is -0.481 e. The molecule has 0 radical (unpaired) electrons. The minimum atomic E-state index is -0.282. The fraction of sp³-hybridized carbons (Fsp3) is 0.231. The molecule has 0 aliphatic carbocycles. The van der Waals surface area contributed by atoms with Crippen molar-refractivity contribution < 1.29 is 9.53 Å². The Bertz CT molecular complexity index is 568. The van der Waals surface area contributed by atoms with E-state index in [1.807, 2.05) is 6.07 Å². The summed E-state index contributed by atoms with van der Waals surface area (Å²) in [4.78, 5) is 15.9. The van der Waals surface area contributed by atoms with Gasteiger partial charge in [-0.25, -0.2) is 4.98 Å². The molecule has 104 valence electrons. The molecular formula is C13H15N5O2. The van der Waals surface area contributed by atoms with E-state index in [9.17, 15) is 4.79 Å².